The van der Waals surface area contributed by atoms with E-state index in [1.165, 1.54) is 77.5 Å². The van der Waals surface area contributed by atoms with Crippen LogP contribution in [-0.2, 0) is 25.8 Å². The summed E-state index contributed by atoms with van der Waals surface area (Å²) >= 11 is 0. The molecular weight excluding hydrogens is 633 g/mol. The topological polar surface area (TPSA) is 23.0 Å². The fourth-order valence-corrected chi connectivity index (χ4v) is 9.11. The lowest BCUT2D eigenvalue weighted by molar-refractivity contribution is 0.537. The molecule has 3 nitrogen and oxygen atoms in total. The summed E-state index contributed by atoms with van der Waals surface area (Å²) in [5, 5.41) is 3.99. The molecule has 0 aliphatic heterocycles. The second-order valence-electron chi connectivity index (χ2n) is 14.5. The Hall–Kier alpha value is -5.80. The molecule has 4 aromatic carbocycles. The average molecular weight is 675 g/mol. The van der Waals surface area contributed by atoms with Gasteiger partial charge in [0, 0.05) is 62.2 Å². The van der Waals surface area contributed by atoms with Gasteiger partial charge in [-0.2, -0.15) is 0 Å². The molecule has 3 aromatic heterocycles. The van der Waals surface area contributed by atoms with Crippen molar-refractivity contribution in [3.63, 3.8) is 0 Å². The van der Waals surface area contributed by atoms with Gasteiger partial charge in [-0.25, -0.2) is 0 Å². The molecule has 0 spiro atoms. The van der Waals surface area contributed by atoms with Crippen LogP contribution in [0.2, 0.25) is 0 Å². The van der Waals surface area contributed by atoms with E-state index in [9.17, 15) is 0 Å². The molecule has 0 amide bonds. The van der Waals surface area contributed by atoms with Gasteiger partial charge in [0.2, 0.25) is 0 Å². The van der Waals surface area contributed by atoms with Crippen LogP contribution in [0.5, 0.6) is 0 Å². The molecule has 0 radical (unpaired) electrons. The Morgan fingerprint density at radius 3 is 2.35 bits per heavy atom. The summed E-state index contributed by atoms with van der Waals surface area (Å²) in [6.45, 7) is 3.05. The summed E-state index contributed by atoms with van der Waals surface area (Å²) in [6.07, 6.45) is 24.8. The molecule has 1 unspecified atom stereocenters. The predicted octanol–water partition coefficient (Wildman–Crippen LogP) is 12.6. The van der Waals surface area contributed by atoms with Crippen molar-refractivity contribution in [2.75, 3.05) is 0 Å². The van der Waals surface area contributed by atoms with Gasteiger partial charge in [0.1, 0.15) is 11.5 Å². The number of aromatic nitrogens is 2. The second kappa shape index (κ2) is 12.8. The number of para-hydroxylation sites is 3. The molecule has 7 aromatic rings. The maximum atomic E-state index is 6.54. The first-order valence-corrected chi connectivity index (χ1v) is 19.0. The highest BCUT2D eigenvalue weighted by atomic mass is 16.3. The number of aryl methyl sites for hydroxylation is 1. The zero-order valence-electron chi connectivity index (χ0n) is 29.7. The highest BCUT2D eigenvalue weighted by Crippen LogP contribution is 2.40. The first-order chi connectivity index (χ1) is 25.7. The van der Waals surface area contributed by atoms with E-state index in [2.05, 4.69) is 162 Å². The van der Waals surface area contributed by atoms with Gasteiger partial charge >= 0.3 is 0 Å². The van der Waals surface area contributed by atoms with E-state index < -0.39 is 0 Å². The lowest BCUT2D eigenvalue weighted by atomic mass is 9.84. The van der Waals surface area contributed by atoms with Crippen molar-refractivity contribution in [3.05, 3.63) is 172 Å². The monoisotopic (exact) mass is 674 g/mol. The Kier molecular flexibility index (Phi) is 7.60. The van der Waals surface area contributed by atoms with E-state index in [0.717, 1.165) is 56.6 Å². The van der Waals surface area contributed by atoms with Crippen molar-refractivity contribution in [1.82, 2.24) is 9.13 Å². The van der Waals surface area contributed by atoms with Crippen LogP contribution >= 0.6 is 0 Å². The number of rotatable bonds is 7. The Morgan fingerprint density at radius 2 is 1.54 bits per heavy atom. The molecule has 3 aliphatic rings. The first kappa shape index (κ1) is 31.0. The van der Waals surface area contributed by atoms with E-state index >= 15 is 0 Å². The molecule has 0 bridgehead atoms. The zero-order chi connectivity index (χ0) is 34.6. The molecular formula is C49H42N2O. The number of furan rings is 1. The van der Waals surface area contributed by atoms with Gasteiger partial charge in [0.15, 0.2) is 0 Å². The first-order valence-electron chi connectivity index (χ1n) is 19.0. The van der Waals surface area contributed by atoms with E-state index in [0.29, 0.717) is 5.92 Å². The molecule has 0 N–H and O–H groups in total. The summed E-state index contributed by atoms with van der Waals surface area (Å²) in [5.41, 5.74) is 14.8. The molecule has 0 saturated heterocycles. The number of nitrogens with zero attached hydrogens (tertiary/aromatic N) is 2. The molecule has 52 heavy (non-hydrogen) atoms. The largest absolute Gasteiger partial charge is 0.457 e. The van der Waals surface area contributed by atoms with Crippen LogP contribution in [0.25, 0.3) is 62.2 Å². The molecule has 0 fully saturated rings. The molecule has 10 rings (SSSR count). The van der Waals surface area contributed by atoms with Gasteiger partial charge in [-0.05, 0) is 103 Å². The SMILES string of the molecule is CCc1c(/C=C\Cn2c3ccccc3c3ccccc32)oc2c1CC(c1cccc(C3=CC(n4c5c(c6ccccc64)CCC=C5)=CCC3)c1)C=C2. The minimum absolute atomic E-state index is 0.314. The third-order valence-electron chi connectivity index (χ3n) is 11.6. The number of hydrogen-bond acceptors (Lipinski definition) is 1. The normalized spacial score (nSPS) is 16.9. The third kappa shape index (κ3) is 5.10. The van der Waals surface area contributed by atoms with Crippen LogP contribution in [0, 0.1) is 0 Å². The maximum Gasteiger partial charge on any atom is 0.130 e. The van der Waals surface area contributed by atoms with Crippen LogP contribution in [-0.4, -0.2) is 9.13 Å². The van der Waals surface area contributed by atoms with Crippen molar-refractivity contribution in [3.8, 4) is 0 Å². The second-order valence-corrected chi connectivity index (χ2v) is 14.5. The van der Waals surface area contributed by atoms with Crippen LogP contribution in [0.3, 0.4) is 0 Å². The lowest BCUT2D eigenvalue weighted by Gasteiger charge is -2.21. The minimum Gasteiger partial charge on any atom is -0.457 e. The van der Waals surface area contributed by atoms with Crippen LogP contribution < -0.4 is 0 Å². The molecule has 254 valence electrons. The molecule has 3 heteroatoms. The Bertz CT molecular complexity index is 2630. The minimum atomic E-state index is 0.314. The van der Waals surface area contributed by atoms with Crippen LogP contribution in [0.15, 0.2) is 132 Å². The van der Waals surface area contributed by atoms with Crippen molar-refractivity contribution in [2.45, 2.75) is 57.9 Å². The Balaban J connectivity index is 0.919. The summed E-state index contributed by atoms with van der Waals surface area (Å²) in [4.78, 5) is 0. The summed E-state index contributed by atoms with van der Waals surface area (Å²) in [7, 11) is 0. The van der Waals surface area contributed by atoms with Crippen molar-refractivity contribution < 1.29 is 4.42 Å². The van der Waals surface area contributed by atoms with Gasteiger partial charge in [-0.1, -0.05) is 110 Å². The molecule has 0 saturated carbocycles. The standard InChI is InChI=1S/C49H42N2O/c1-2-38-43-32-36(27-28-49(43)52-48(38)26-13-29-50-44-22-7-3-18-39(44)40-19-4-8-23-45(40)50)34-15-11-14-33(30-34)35-16-12-17-37(31-35)51-46-24-9-5-20-41(46)42-21-6-10-25-47(42)51/h3-5,7-11,13-15,17-20,22-28,30-31,36H,2,6,12,16,21,29,32H2,1H3/b26-13-. The van der Waals surface area contributed by atoms with Gasteiger partial charge in [0.25, 0.3) is 0 Å². The van der Waals surface area contributed by atoms with E-state index in [-0.39, 0.29) is 0 Å². The van der Waals surface area contributed by atoms with Gasteiger partial charge in [0.05, 0.1) is 5.52 Å². The number of allylic oxidation sites excluding steroid dienone is 7. The predicted molar refractivity (Wildman–Crippen MR) is 219 cm³/mol. The van der Waals surface area contributed by atoms with E-state index in [1.807, 2.05) is 0 Å². The molecule has 3 aliphatic carbocycles. The fraction of sp³-hybridized carbons (Fsp3) is 0.184. The van der Waals surface area contributed by atoms with Crippen LogP contribution in [0.4, 0.5) is 0 Å². The summed E-state index contributed by atoms with van der Waals surface area (Å²) in [6, 6.07) is 35.6. The number of hydrogen-bond donors (Lipinski definition) is 0. The van der Waals surface area contributed by atoms with E-state index in [1.54, 1.807) is 0 Å². The molecule has 1 atom stereocenters. The smallest absolute Gasteiger partial charge is 0.130 e. The van der Waals surface area contributed by atoms with Gasteiger partial charge < -0.3 is 13.6 Å². The maximum absolute atomic E-state index is 6.54. The zero-order valence-corrected chi connectivity index (χ0v) is 29.7. The Labute approximate surface area is 305 Å². The van der Waals surface area contributed by atoms with Crippen molar-refractivity contribution in [1.29, 1.82) is 0 Å². The number of fused-ring (bicyclic) bond motifs is 7. The van der Waals surface area contributed by atoms with Crippen molar-refractivity contribution >= 4 is 62.2 Å². The Morgan fingerprint density at radius 1 is 0.769 bits per heavy atom. The summed E-state index contributed by atoms with van der Waals surface area (Å²) < 4.78 is 11.4. The highest BCUT2D eigenvalue weighted by Gasteiger charge is 2.25. The fourth-order valence-electron chi connectivity index (χ4n) is 9.11. The third-order valence-corrected chi connectivity index (χ3v) is 11.6. The van der Waals surface area contributed by atoms with E-state index in [4.69, 9.17) is 4.42 Å². The van der Waals surface area contributed by atoms with Crippen molar-refractivity contribution in [2.24, 2.45) is 0 Å². The summed E-state index contributed by atoms with van der Waals surface area (Å²) in [5.74, 6) is 2.32. The quantitative estimate of drug-likeness (QED) is 0.165. The lowest BCUT2D eigenvalue weighted by Crippen LogP contribution is -2.07. The highest BCUT2D eigenvalue weighted by molar-refractivity contribution is 6.08. The van der Waals surface area contributed by atoms with Gasteiger partial charge in [-0.15, -0.1) is 0 Å². The molecule has 3 heterocycles. The average Bonchev–Trinajstić information content (AvgIpc) is 3.85. The van der Waals surface area contributed by atoms with Gasteiger partial charge in [-0.3, -0.25) is 0 Å². The number of benzene rings is 4. The van der Waals surface area contributed by atoms with Crippen LogP contribution in [0.1, 0.15) is 77.1 Å².